The molecule has 1 fully saturated rings. The van der Waals surface area contributed by atoms with Crippen molar-refractivity contribution in [3.05, 3.63) is 29.0 Å². The van der Waals surface area contributed by atoms with Crippen LogP contribution in [0.3, 0.4) is 0 Å². The van der Waals surface area contributed by atoms with Crippen molar-refractivity contribution in [3.8, 4) is 0 Å². The Morgan fingerprint density at radius 2 is 2.06 bits per heavy atom. The molecule has 16 heavy (non-hydrogen) atoms. The largest absolute Gasteiger partial charge is 0.342 e. The van der Waals surface area contributed by atoms with Crippen LogP contribution in [0.4, 0.5) is 0 Å². The van der Waals surface area contributed by atoms with Crippen LogP contribution in [-0.2, 0) is 11.2 Å². The second-order valence-electron chi connectivity index (χ2n) is 4.11. The molecule has 2 rings (SSSR count). The molecule has 0 spiro atoms. The number of likely N-dealkylation sites (tertiary alicyclic amines) is 1. The number of aromatic nitrogens is 1. The topological polar surface area (TPSA) is 33.2 Å². The van der Waals surface area contributed by atoms with Gasteiger partial charge in [-0.25, -0.2) is 4.98 Å². The maximum Gasteiger partial charge on any atom is 0.227 e. The van der Waals surface area contributed by atoms with Crippen molar-refractivity contribution in [3.63, 3.8) is 0 Å². The molecule has 0 N–H and O–H groups in total. The molecule has 3 nitrogen and oxygen atoms in total. The van der Waals surface area contributed by atoms with Crippen molar-refractivity contribution in [2.75, 3.05) is 13.1 Å². The summed E-state index contributed by atoms with van der Waals surface area (Å²) in [5.41, 5.74) is 0.931. The average Bonchev–Trinajstić information content (AvgIpc) is 2.33. The zero-order valence-electron chi connectivity index (χ0n) is 9.16. The second kappa shape index (κ2) is 5.30. The Balaban J connectivity index is 1.93. The van der Waals surface area contributed by atoms with E-state index in [9.17, 15) is 4.79 Å². The lowest BCUT2D eigenvalue weighted by molar-refractivity contribution is -0.131. The predicted molar refractivity (Wildman–Crippen MR) is 63.4 cm³/mol. The van der Waals surface area contributed by atoms with Crippen LogP contribution in [0.2, 0.25) is 5.15 Å². The maximum atomic E-state index is 11.9. The monoisotopic (exact) mass is 238 g/mol. The van der Waals surface area contributed by atoms with Gasteiger partial charge in [-0.3, -0.25) is 4.79 Å². The zero-order chi connectivity index (χ0) is 11.4. The number of hydrogen-bond donors (Lipinski definition) is 0. The molecule has 0 unspecified atom stereocenters. The van der Waals surface area contributed by atoms with E-state index < -0.39 is 0 Å². The van der Waals surface area contributed by atoms with Gasteiger partial charge < -0.3 is 4.90 Å². The summed E-state index contributed by atoms with van der Waals surface area (Å²) >= 11 is 5.69. The van der Waals surface area contributed by atoms with Crippen LogP contribution in [-0.4, -0.2) is 28.9 Å². The van der Waals surface area contributed by atoms with Gasteiger partial charge in [0.2, 0.25) is 5.91 Å². The number of carbonyl (C=O) groups excluding carboxylic acids is 1. The summed E-state index contributed by atoms with van der Waals surface area (Å²) in [6.07, 6.45) is 5.61. The van der Waals surface area contributed by atoms with E-state index in [2.05, 4.69) is 4.98 Å². The quantitative estimate of drug-likeness (QED) is 0.741. The fourth-order valence-electron chi connectivity index (χ4n) is 1.94. The third-order valence-corrected chi connectivity index (χ3v) is 3.08. The Hall–Kier alpha value is -1.09. The number of hydrogen-bond acceptors (Lipinski definition) is 2. The van der Waals surface area contributed by atoms with E-state index >= 15 is 0 Å². The molecule has 0 saturated carbocycles. The summed E-state index contributed by atoms with van der Waals surface area (Å²) in [6.45, 7) is 1.81. The van der Waals surface area contributed by atoms with Crippen molar-refractivity contribution in [1.29, 1.82) is 0 Å². The fraction of sp³-hybridized carbons (Fsp3) is 0.500. The molecule has 0 aliphatic carbocycles. The molecule has 4 heteroatoms. The number of rotatable bonds is 2. The standard InChI is InChI=1S/C12H15ClN2O/c13-11-5-4-10(9-14-11)8-12(16)15-6-2-1-3-7-15/h4-5,9H,1-3,6-8H2. The molecule has 2 heterocycles. The average molecular weight is 239 g/mol. The Kier molecular flexibility index (Phi) is 3.78. The first-order valence-electron chi connectivity index (χ1n) is 5.64. The molecular weight excluding hydrogens is 224 g/mol. The molecule has 1 amide bonds. The first-order chi connectivity index (χ1) is 7.75. The Labute approximate surface area is 100 Å². The fourth-order valence-corrected chi connectivity index (χ4v) is 2.05. The third kappa shape index (κ3) is 2.95. The SMILES string of the molecule is O=C(Cc1ccc(Cl)nc1)N1CCCCC1. The number of piperidine rings is 1. The van der Waals surface area contributed by atoms with Crippen molar-refractivity contribution < 1.29 is 4.79 Å². The smallest absolute Gasteiger partial charge is 0.227 e. The highest BCUT2D eigenvalue weighted by Gasteiger charge is 2.16. The van der Waals surface area contributed by atoms with Gasteiger partial charge in [0, 0.05) is 19.3 Å². The lowest BCUT2D eigenvalue weighted by atomic mass is 10.1. The molecule has 0 bridgehead atoms. The lowest BCUT2D eigenvalue weighted by Crippen LogP contribution is -2.36. The normalized spacial score (nSPS) is 16.2. The molecule has 86 valence electrons. The van der Waals surface area contributed by atoms with Gasteiger partial charge in [-0.15, -0.1) is 0 Å². The summed E-state index contributed by atoms with van der Waals surface area (Å²) in [6, 6.07) is 3.58. The van der Waals surface area contributed by atoms with Gasteiger partial charge in [0.05, 0.1) is 6.42 Å². The Morgan fingerprint density at radius 1 is 1.31 bits per heavy atom. The third-order valence-electron chi connectivity index (χ3n) is 2.85. The molecule has 0 radical (unpaired) electrons. The summed E-state index contributed by atoms with van der Waals surface area (Å²) in [5.74, 6) is 0.198. The number of carbonyl (C=O) groups is 1. The highest BCUT2D eigenvalue weighted by molar-refractivity contribution is 6.29. The van der Waals surface area contributed by atoms with Crippen molar-refractivity contribution in [1.82, 2.24) is 9.88 Å². The summed E-state index contributed by atoms with van der Waals surface area (Å²) < 4.78 is 0. The van der Waals surface area contributed by atoms with Gasteiger partial charge in [0.1, 0.15) is 5.15 Å². The zero-order valence-corrected chi connectivity index (χ0v) is 9.91. The first kappa shape index (κ1) is 11.4. The van der Waals surface area contributed by atoms with Gasteiger partial charge in [-0.05, 0) is 30.9 Å². The van der Waals surface area contributed by atoms with E-state index in [1.807, 2.05) is 11.0 Å². The van der Waals surface area contributed by atoms with Gasteiger partial charge in [-0.2, -0.15) is 0 Å². The minimum absolute atomic E-state index is 0.198. The lowest BCUT2D eigenvalue weighted by Gasteiger charge is -2.26. The minimum atomic E-state index is 0.198. The number of amides is 1. The highest BCUT2D eigenvalue weighted by Crippen LogP contribution is 2.12. The van der Waals surface area contributed by atoms with Crippen LogP contribution in [0.25, 0.3) is 0 Å². The maximum absolute atomic E-state index is 11.9. The number of halogens is 1. The van der Waals surface area contributed by atoms with E-state index in [4.69, 9.17) is 11.6 Å². The molecular formula is C12H15ClN2O. The molecule has 1 aromatic rings. The van der Waals surface area contributed by atoms with E-state index in [0.29, 0.717) is 11.6 Å². The van der Waals surface area contributed by atoms with Crippen LogP contribution in [0.15, 0.2) is 18.3 Å². The van der Waals surface area contributed by atoms with Crippen LogP contribution in [0.1, 0.15) is 24.8 Å². The number of nitrogens with zero attached hydrogens (tertiary/aromatic N) is 2. The molecule has 1 aliphatic heterocycles. The van der Waals surface area contributed by atoms with Crippen molar-refractivity contribution in [2.45, 2.75) is 25.7 Å². The van der Waals surface area contributed by atoms with Crippen LogP contribution in [0, 0.1) is 0 Å². The Morgan fingerprint density at radius 3 is 2.69 bits per heavy atom. The van der Waals surface area contributed by atoms with Crippen molar-refractivity contribution in [2.24, 2.45) is 0 Å². The summed E-state index contributed by atoms with van der Waals surface area (Å²) in [5, 5.41) is 0.467. The van der Waals surface area contributed by atoms with Crippen molar-refractivity contribution >= 4 is 17.5 Å². The van der Waals surface area contributed by atoms with Gasteiger partial charge in [0.15, 0.2) is 0 Å². The van der Waals surface area contributed by atoms with E-state index in [1.165, 1.54) is 6.42 Å². The van der Waals surface area contributed by atoms with Gasteiger partial charge >= 0.3 is 0 Å². The van der Waals surface area contributed by atoms with Crippen LogP contribution in [0.5, 0.6) is 0 Å². The molecule has 1 saturated heterocycles. The summed E-state index contributed by atoms with van der Waals surface area (Å²) in [7, 11) is 0. The highest BCUT2D eigenvalue weighted by atomic mass is 35.5. The van der Waals surface area contributed by atoms with Gasteiger partial charge in [-0.1, -0.05) is 17.7 Å². The molecule has 0 aromatic carbocycles. The molecule has 1 aliphatic rings. The van der Waals surface area contributed by atoms with E-state index in [1.54, 1.807) is 12.3 Å². The van der Waals surface area contributed by atoms with E-state index in [-0.39, 0.29) is 5.91 Å². The second-order valence-corrected chi connectivity index (χ2v) is 4.49. The van der Waals surface area contributed by atoms with Crippen LogP contribution < -0.4 is 0 Å². The predicted octanol–water partition coefficient (Wildman–Crippen LogP) is 2.29. The van der Waals surface area contributed by atoms with Crippen LogP contribution >= 0.6 is 11.6 Å². The first-order valence-corrected chi connectivity index (χ1v) is 6.02. The summed E-state index contributed by atoms with van der Waals surface area (Å²) in [4.78, 5) is 17.8. The van der Waals surface area contributed by atoms with Gasteiger partial charge in [0.25, 0.3) is 0 Å². The number of pyridine rings is 1. The minimum Gasteiger partial charge on any atom is -0.342 e. The molecule has 0 atom stereocenters. The van der Waals surface area contributed by atoms with E-state index in [0.717, 1.165) is 31.5 Å². The Bertz CT molecular complexity index is 358. The molecule has 1 aromatic heterocycles.